The number of rotatable bonds is 6. The van der Waals surface area contributed by atoms with Gasteiger partial charge in [0, 0.05) is 12.2 Å². The van der Waals surface area contributed by atoms with Crippen LogP contribution in [0.2, 0.25) is 0 Å². The van der Waals surface area contributed by atoms with Crippen LogP contribution >= 0.6 is 24.0 Å². The van der Waals surface area contributed by atoms with Crippen molar-refractivity contribution >= 4 is 41.6 Å². The van der Waals surface area contributed by atoms with Crippen LogP contribution in [0.1, 0.15) is 28.4 Å². The van der Waals surface area contributed by atoms with E-state index in [2.05, 4.69) is 34.1 Å². The number of aliphatic imine (C=N–C) groups is 1. The van der Waals surface area contributed by atoms with Crippen LogP contribution < -0.4 is 11.1 Å². The number of nitrogens with two attached hydrogens (primary N) is 1. The summed E-state index contributed by atoms with van der Waals surface area (Å²) in [6, 6.07) is 15.4. The Morgan fingerprint density at radius 1 is 1.16 bits per heavy atom. The predicted octanol–water partition coefficient (Wildman–Crippen LogP) is 3.62. The normalized spacial score (nSPS) is 10.7. The van der Waals surface area contributed by atoms with Gasteiger partial charge in [0.25, 0.3) is 0 Å². The van der Waals surface area contributed by atoms with Gasteiger partial charge in [0.2, 0.25) is 0 Å². The number of ether oxygens (including phenoxy) is 1. The van der Waals surface area contributed by atoms with Gasteiger partial charge in [-0.3, -0.25) is 4.99 Å². The zero-order valence-electron chi connectivity index (χ0n) is 14.5. The van der Waals surface area contributed by atoms with Gasteiger partial charge in [0.05, 0.1) is 12.7 Å². The maximum atomic E-state index is 11.4. The van der Waals surface area contributed by atoms with E-state index in [1.165, 1.54) is 12.7 Å². The SMILES string of the molecule is CCc1cccc(NC(N)=NCCc2ccc(C(=O)OC)cc2)c1.I. The molecule has 0 heterocycles. The smallest absolute Gasteiger partial charge is 0.337 e. The van der Waals surface area contributed by atoms with Crippen LogP contribution in [0, 0.1) is 0 Å². The zero-order chi connectivity index (χ0) is 17.4. The minimum absolute atomic E-state index is 0. The molecule has 0 fully saturated rings. The van der Waals surface area contributed by atoms with Crippen molar-refractivity contribution < 1.29 is 9.53 Å². The van der Waals surface area contributed by atoms with Crippen molar-refractivity contribution in [3.63, 3.8) is 0 Å². The van der Waals surface area contributed by atoms with E-state index in [-0.39, 0.29) is 29.9 Å². The molecule has 2 rings (SSSR count). The van der Waals surface area contributed by atoms with Crippen LogP contribution in [0.25, 0.3) is 0 Å². The third-order valence-corrected chi connectivity index (χ3v) is 3.67. The molecular weight excluding hydrogens is 429 g/mol. The van der Waals surface area contributed by atoms with Crippen LogP contribution in [0.15, 0.2) is 53.5 Å². The Labute approximate surface area is 165 Å². The van der Waals surface area contributed by atoms with Gasteiger partial charge in [0.15, 0.2) is 5.96 Å². The molecule has 5 nitrogen and oxygen atoms in total. The largest absolute Gasteiger partial charge is 0.465 e. The van der Waals surface area contributed by atoms with Crippen LogP contribution in [-0.2, 0) is 17.6 Å². The van der Waals surface area contributed by atoms with Crippen LogP contribution in [0.4, 0.5) is 5.69 Å². The summed E-state index contributed by atoms with van der Waals surface area (Å²) in [5.74, 6) is 0.0664. The molecule has 25 heavy (non-hydrogen) atoms. The summed E-state index contributed by atoms with van der Waals surface area (Å²) in [5, 5.41) is 3.10. The average Bonchev–Trinajstić information content (AvgIpc) is 2.61. The van der Waals surface area contributed by atoms with Gasteiger partial charge in [-0.1, -0.05) is 31.2 Å². The summed E-state index contributed by atoms with van der Waals surface area (Å²) in [7, 11) is 1.37. The second-order valence-corrected chi connectivity index (χ2v) is 5.38. The molecule has 2 aromatic rings. The molecule has 0 saturated heterocycles. The number of nitrogens with zero attached hydrogens (tertiary/aromatic N) is 1. The van der Waals surface area contributed by atoms with Crippen molar-refractivity contribution in [2.75, 3.05) is 19.0 Å². The Kier molecular flexibility index (Phi) is 8.98. The van der Waals surface area contributed by atoms with Crippen LogP contribution in [-0.4, -0.2) is 25.6 Å². The van der Waals surface area contributed by atoms with Gasteiger partial charge in [-0.25, -0.2) is 4.79 Å². The fourth-order valence-electron chi connectivity index (χ4n) is 2.29. The van der Waals surface area contributed by atoms with Gasteiger partial charge in [-0.15, -0.1) is 24.0 Å². The summed E-state index contributed by atoms with van der Waals surface area (Å²) in [6.45, 7) is 2.69. The van der Waals surface area contributed by atoms with E-state index in [1.54, 1.807) is 12.1 Å². The fourth-order valence-corrected chi connectivity index (χ4v) is 2.29. The molecule has 0 aliphatic rings. The number of nitrogens with one attached hydrogen (secondary N) is 1. The number of methoxy groups -OCH3 is 1. The molecule has 0 radical (unpaired) electrons. The van der Waals surface area contributed by atoms with E-state index in [0.717, 1.165) is 24.1 Å². The second-order valence-electron chi connectivity index (χ2n) is 5.38. The van der Waals surface area contributed by atoms with Crippen molar-refractivity contribution in [3.8, 4) is 0 Å². The summed E-state index contributed by atoms with van der Waals surface area (Å²) in [6.07, 6.45) is 1.73. The Balaban J connectivity index is 0.00000312. The molecule has 0 aromatic heterocycles. The highest BCUT2D eigenvalue weighted by atomic mass is 127. The summed E-state index contributed by atoms with van der Waals surface area (Å²) in [5.41, 5.74) is 9.75. The Hall–Kier alpha value is -2.09. The van der Waals surface area contributed by atoms with E-state index >= 15 is 0 Å². The summed E-state index contributed by atoms with van der Waals surface area (Å²) < 4.78 is 4.68. The number of halogens is 1. The first-order valence-corrected chi connectivity index (χ1v) is 7.95. The molecule has 0 bridgehead atoms. The fraction of sp³-hybridized carbons (Fsp3) is 0.263. The number of esters is 1. The first kappa shape index (κ1) is 21.0. The van der Waals surface area contributed by atoms with E-state index < -0.39 is 0 Å². The van der Waals surface area contributed by atoms with E-state index in [4.69, 9.17) is 5.73 Å². The standard InChI is InChI=1S/C19H23N3O2.HI/c1-3-14-5-4-6-17(13-14)22-19(20)21-12-11-15-7-9-16(10-8-15)18(23)24-2;/h4-10,13H,3,11-12H2,1-2H3,(H3,20,21,22);1H. The highest BCUT2D eigenvalue weighted by Gasteiger charge is 2.04. The quantitative estimate of drug-likeness (QED) is 0.303. The number of aryl methyl sites for hydroxylation is 1. The summed E-state index contributed by atoms with van der Waals surface area (Å²) in [4.78, 5) is 15.7. The lowest BCUT2D eigenvalue weighted by molar-refractivity contribution is 0.0600. The molecule has 0 aliphatic carbocycles. The first-order chi connectivity index (χ1) is 11.6. The van der Waals surface area contributed by atoms with Crippen molar-refractivity contribution in [2.45, 2.75) is 19.8 Å². The van der Waals surface area contributed by atoms with E-state index in [1.807, 2.05) is 24.3 Å². The lowest BCUT2D eigenvalue weighted by Crippen LogP contribution is -2.23. The van der Waals surface area contributed by atoms with Crippen molar-refractivity contribution in [1.82, 2.24) is 0 Å². The van der Waals surface area contributed by atoms with Gasteiger partial charge >= 0.3 is 5.97 Å². The molecule has 0 amide bonds. The minimum atomic E-state index is -0.331. The number of carbonyl (C=O) groups is 1. The molecule has 0 aliphatic heterocycles. The third-order valence-electron chi connectivity index (χ3n) is 3.67. The number of guanidine groups is 1. The molecule has 6 heteroatoms. The highest BCUT2D eigenvalue weighted by molar-refractivity contribution is 14.0. The number of carbonyl (C=O) groups excluding carboxylic acids is 1. The molecule has 3 N–H and O–H groups in total. The zero-order valence-corrected chi connectivity index (χ0v) is 16.8. The molecule has 0 atom stereocenters. The average molecular weight is 453 g/mol. The Morgan fingerprint density at radius 3 is 2.52 bits per heavy atom. The molecule has 134 valence electrons. The van der Waals surface area contributed by atoms with E-state index in [0.29, 0.717) is 18.1 Å². The number of hydrogen-bond donors (Lipinski definition) is 2. The Bertz CT molecular complexity index is 715. The minimum Gasteiger partial charge on any atom is -0.465 e. The monoisotopic (exact) mass is 453 g/mol. The highest BCUT2D eigenvalue weighted by Crippen LogP contribution is 2.11. The molecule has 2 aromatic carbocycles. The number of benzene rings is 2. The Morgan fingerprint density at radius 2 is 1.88 bits per heavy atom. The van der Waals surface area contributed by atoms with Crippen molar-refractivity contribution in [3.05, 3.63) is 65.2 Å². The molecule has 0 unspecified atom stereocenters. The summed E-state index contributed by atoms with van der Waals surface area (Å²) >= 11 is 0. The van der Waals surface area contributed by atoms with Crippen LogP contribution in [0.5, 0.6) is 0 Å². The van der Waals surface area contributed by atoms with Gasteiger partial charge in [-0.05, 0) is 48.2 Å². The second kappa shape index (κ2) is 10.7. The maximum Gasteiger partial charge on any atom is 0.337 e. The molecule has 0 saturated carbocycles. The maximum absolute atomic E-state index is 11.4. The number of anilines is 1. The molecular formula is C19H24IN3O2. The van der Waals surface area contributed by atoms with Gasteiger partial charge in [0.1, 0.15) is 0 Å². The number of hydrogen-bond acceptors (Lipinski definition) is 3. The third kappa shape index (κ3) is 6.74. The lowest BCUT2D eigenvalue weighted by Gasteiger charge is -2.07. The van der Waals surface area contributed by atoms with Gasteiger partial charge < -0.3 is 15.8 Å². The predicted molar refractivity (Wildman–Crippen MR) is 113 cm³/mol. The van der Waals surface area contributed by atoms with Crippen LogP contribution in [0.3, 0.4) is 0 Å². The van der Waals surface area contributed by atoms with Crippen molar-refractivity contribution in [1.29, 1.82) is 0 Å². The topological polar surface area (TPSA) is 76.7 Å². The van der Waals surface area contributed by atoms with Gasteiger partial charge in [-0.2, -0.15) is 0 Å². The molecule has 0 spiro atoms. The first-order valence-electron chi connectivity index (χ1n) is 7.95. The van der Waals surface area contributed by atoms with Crippen molar-refractivity contribution in [2.24, 2.45) is 10.7 Å². The lowest BCUT2D eigenvalue weighted by atomic mass is 10.1. The van der Waals surface area contributed by atoms with E-state index in [9.17, 15) is 4.79 Å².